The van der Waals surface area contributed by atoms with E-state index in [0.29, 0.717) is 13.0 Å². The number of nitrogens with one attached hydrogen (secondary N) is 1. The average Bonchev–Trinajstić information content (AvgIpc) is 2.69. The fraction of sp³-hybridized carbons (Fsp3) is 0.905. The maximum absolute atomic E-state index is 11.1. The number of rotatable bonds is 21. The lowest BCUT2D eigenvalue weighted by molar-refractivity contribution is 0.370. The van der Waals surface area contributed by atoms with Crippen LogP contribution in [0.15, 0.2) is 10.1 Å². The number of aliphatic imine (C=N–C) groups is 1. The van der Waals surface area contributed by atoms with Gasteiger partial charge in [-0.05, 0) is 32.1 Å². The van der Waals surface area contributed by atoms with Crippen molar-refractivity contribution >= 4 is 26.6 Å². The number of nitrogens with zero attached hydrogens (tertiary/aromatic N) is 2. The van der Waals surface area contributed by atoms with Crippen LogP contribution in [0.2, 0.25) is 0 Å². The minimum absolute atomic E-state index is 0.0750. The molecule has 32 heavy (non-hydrogen) atoms. The van der Waals surface area contributed by atoms with Gasteiger partial charge in [0.05, 0.1) is 23.7 Å². The van der Waals surface area contributed by atoms with E-state index in [9.17, 15) is 9.13 Å². The van der Waals surface area contributed by atoms with Gasteiger partial charge in [-0.25, -0.2) is 0 Å². The van der Waals surface area contributed by atoms with Crippen molar-refractivity contribution in [1.29, 1.82) is 0 Å². The van der Waals surface area contributed by atoms with Crippen LogP contribution < -0.4 is 5.43 Å². The second-order valence-electron chi connectivity index (χ2n) is 8.25. The Kier molecular flexibility index (Phi) is 18.5. The Hall–Kier alpha value is -0.560. The number of hydrogen-bond donors (Lipinski definition) is 5. The SMILES string of the molecule is CCCCCCCC(=NCCCP(=O)(O)O)/C(CCCCCCC)=N/NCCP(=O)(O)O. The highest BCUT2D eigenvalue weighted by Crippen LogP contribution is 2.34. The van der Waals surface area contributed by atoms with Crippen LogP contribution in [0.4, 0.5) is 0 Å². The van der Waals surface area contributed by atoms with E-state index in [1.54, 1.807) is 0 Å². The fourth-order valence-corrected chi connectivity index (χ4v) is 4.15. The van der Waals surface area contributed by atoms with Crippen molar-refractivity contribution < 1.29 is 28.7 Å². The molecule has 0 aliphatic heterocycles. The van der Waals surface area contributed by atoms with Crippen LogP contribution in [0, 0.1) is 0 Å². The van der Waals surface area contributed by atoms with Crippen molar-refractivity contribution in [3.05, 3.63) is 0 Å². The second-order valence-corrected chi connectivity index (χ2v) is 11.8. The molecule has 0 aliphatic carbocycles. The van der Waals surface area contributed by atoms with Crippen molar-refractivity contribution in [2.75, 3.05) is 25.4 Å². The maximum atomic E-state index is 11.1. The lowest BCUT2D eigenvalue weighted by Gasteiger charge is -2.12. The van der Waals surface area contributed by atoms with Crippen LogP contribution in [0.25, 0.3) is 0 Å². The van der Waals surface area contributed by atoms with Gasteiger partial charge in [-0.15, -0.1) is 0 Å². The van der Waals surface area contributed by atoms with Gasteiger partial charge < -0.3 is 25.0 Å². The first-order chi connectivity index (χ1) is 15.1. The van der Waals surface area contributed by atoms with Crippen molar-refractivity contribution in [2.45, 2.75) is 97.3 Å². The Labute approximate surface area is 193 Å². The molecule has 0 amide bonds. The van der Waals surface area contributed by atoms with Gasteiger partial charge in [0.25, 0.3) is 0 Å². The van der Waals surface area contributed by atoms with Crippen LogP contribution in [-0.4, -0.2) is 56.4 Å². The topological polar surface area (TPSA) is 152 Å². The van der Waals surface area contributed by atoms with Gasteiger partial charge in [0.1, 0.15) is 0 Å². The van der Waals surface area contributed by atoms with Gasteiger partial charge in [0.15, 0.2) is 0 Å². The number of unbranched alkanes of at least 4 members (excludes halogenated alkanes) is 8. The molecule has 5 N–H and O–H groups in total. The van der Waals surface area contributed by atoms with Crippen molar-refractivity contribution in [3.8, 4) is 0 Å². The van der Waals surface area contributed by atoms with E-state index in [1.165, 1.54) is 12.8 Å². The molecule has 0 unspecified atom stereocenters. The van der Waals surface area contributed by atoms with E-state index in [2.05, 4.69) is 29.4 Å². The second kappa shape index (κ2) is 18.8. The molecule has 0 saturated carbocycles. The summed E-state index contributed by atoms with van der Waals surface area (Å²) in [6.45, 7) is 4.73. The molecule has 0 aliphatic rings. The molecular formula is C21H45N3O6P2. The number of hydrogen-bond acceptors (Lipinski definition) is 5. The first kappa shape index (κ1) is 31.4. The average molecular weight is 498 g/mol. The molecule has 0 rings (SSSR count). The fourth-order valence-electron chi connectivity index (χ4n) is 3.21. The summed E-state index contributed by atoms with van der Waals surface area (Å²) in [7, 11) is -8.12. The number of hydrazone groups is 1. The lowest BCUT2D eigenvalue weighted by atomic mass is 10.0. The summed E-state index contributed by atoms with van der Waals surface area (Å²) in [4.78, 5) is 40.9. The van der Waals surface area contributed by atoms with Gasteiger partial charge in [0.2, 0.25) is 0 Å². The molecule has 190 valence electrons. The Bertz CT molecular complexity index is 577. The first-order valence-electron chi connectivity index (χ1n) is 12.0. The van der Waals surface area contributed by atoms with Gasteiger partial charge >= 0.3 is 15.2 Å². The summed E-state index contributed by atoms with van der Waals surface area (Å²) < 4.78 is 22.2. The summed E-state index contributed by atoms with van der Waals surface area (Å²) in [6.07, 6.45) is 12.4. The third kappa shape index (κ3) is 21.3. The highest BCUT2D eigenvalue weighted by molar-refractivity contribution is 7.52. The van der Waals surface area contributed by atoms with E-state index in [-0.39, 0.29) is 18.9 Å². The molecule has 0 atom stereocenters. The minimum atomic E-state index is -4.09. The van der Waals surface area contributed by atoms with Gasteiger partial charge in [-0.3, -0.25) is 14.1 Å². The molecule has 9 nitrogen and oxygen atoms in total. The third-order valence-corrected chi connectivity index (χ3v) is 6.71. The predicted octanol–water partition coefficient (Wildman–Crippen LogP) is 4.84. The zero-order valence-electron chi connectivity index (χ0n) is 19.9. The molecule has 0 bridgehead atoms. The molecule has 0 aromatic carbocycles. The highest BCUT2D eigenvalue weighted by Gasteiger charge is 2.14. The Morgan fingerprint density at radius 1 is 0.688 bits per heavy atom. The van der Waals surface area contributed by atoms with Crippen LogP contribution in [0.5, 0.6) is 0 Å². The smallest absolute Gasteiger partial charge is 0.324 e. The van der Waals surface area contributed by atoms with Crippen molar-refractivity contribution in [3.63, 3.8) is 0 Å². The van der Waals surface area contributed by atoms with E-state index < -0.39 is 15.2 Å². The zero-order valence-corrected chi connectivity index (χ0v) is 21.7. The molecule has 0 aromatic rings. The quantitative estimate of drug-likeness (QED) is 0.0658. The zero-order chi connectivity index (χ0) is 24.3. The molecule has 0 fully saturated rings. The van der Waals surface area contributed by atoms with E-state index in [0.717, 1.165) is 75.6 Å². The summed E-state index contributed by atoms with van der Waals surface area (Å²) in [5.74, 6) is 0. The highest BCUT2D eigenvalue weighted by atomic mass is 31.2. The van der Waals surface area contributed by atoms with E-state index in [1.807, 2.05) is 0 Å². The van der Waals surface area contributed by atoms with Crippen LogP contribution >= 0.6 is 15.2 Å². The summed E-state index contributed by atoms with van der Waals surface area (Å²) >= 11 is 0. The summed E-state index contributed by atoms with van der Waals surface area (Å²) in [5, 5.41) is 4.43. The molecule has 0 radical (unpaired) electrons. The third-order valence-electron chi connectivity index (χ3n) is 5.01. The van der Waals surface area contributed by atoms with Crippen LogP contribution in [0.3, 0.4) is 0 Å². The summed E-state index contributed by atoms with van der Waals surface area (Å²) in [6, 6.07) is 0. The summed E-state index contributed by atoms with van der Waals surface area (Å²) in [5.41, 5.74) is 4.42. The van der Waals surface area contributed by atoms with Crippen LogP contribution in [0.1, 0.15) is 97.3 Å². The largest absolute Gasteiger partial charge is 0.327 e. The van der Waals surface area contributed by atoms with Crippen molar-refractivity contribution in [1.82, 2.24) is 5.43 Å². The minimum Gasteiger partial charge on any atom is -0.324 e. The molecule has 0 spiro atoms. The Balaban J connectivity index is 5.18. The Morgan fingerprint density at radius 2 is 1.19 bits per heavy atom. The van der Waals surface area contributed by atoms with Gasteiger partial charge in [0, 0.05) is 13.1 Å². The first-order valence-corrected chi connectivity index (χ1v) is 15.6. The maximum Gasteiger partial charge on any atom is 0.327 e. The molecule has 0 heterocycles. The predicted molar refractivity (Wildman–Crippen MR) is 133 cm³/mol. The van der Waals surface area contributed by atoms with E-state index >= 15 is 0 Å². The van der Waals surface area contributed by atoms with Gasteiger partial charge in [-0.2, -0.15) is 5.10 Å². The molecule has 11 heteroatoms. The monoisotopic (exact) mass is 497 g/mol. The standard InChI is InChI=1S/C21H45N3O6P2/c1-3-5-7-9-11-14-20(22-16-13-18-31(25,26)27)21(15-12-10-8-6-4-2)24-23-17-19-32(28,29)30/h23H,3-19H2,1-2H3,(H2,25,26,27)(H2,28,29,30)/b22-20?,24-21+. The van der Waals surface area contributed by atoms with Crippen LogP contribution in [-0.2, 0) is 9.13 Å². The lowest BCUT2D eigenvalue weighted by Crippen LogP contribution is -2.22. The Morgan fingerprint density at radius 3 is 1.69 bits per heavy atom. The molecule has 0 aromatic heterocycles. The molecule has 0 saturated heterocycles. The normalized spacial score (nSPS) is 13.6. The van der Waals surface area contributed by atoms with Gasteiger partial charge in [-0.1, -0.05) is 65.2 Å². The molecular weight excluding hydrogens is 452 g/mol. The van der Waals surface area contributed by atoms with Crippen molar-refractivity contribution in [2.24, 2.45) is 10.1 Å². The van der Waals surface area contributed by atoms with E-state index in [4.69, 9.17) is 19.6 Å².